The normalized spacial score (nSPS) is 14.4. The molecule has 1 amide bonds. The molecular formula is C23H25N7O3. The highest BCUT2D eigenvalue weighted by atomic mass is 16.5. The maximum atomic E-state index is 11.9. The summed E-state index contributed by atoms with van der Waals surface area (Å²) in [7, 11) is 3.46. The monoisotopic (exact) mass is 447 g/mol. The summed E-state index contributed by atoms with van der Waals surface area (Å²) in [5, 5.41) is 10.8. The lowest BCUT2D eigenvalue weighted by atomic mass is 10.0. The first-order valence-corrected chi connectivity index (χ1v) is 10.8. The van der Waals surface area contributed by atoms with E-state index < -0.39 is 0 Å². The average Bonchev–Trinajstić information content (AvgIpc) is 3.45. The van der Waals surface area contributed by atoms with Crippen LogP contribution in [0.4, 0.5) is 11.8 Å². The molecule has 1 aliphatic heterocycles. The minimum Gasteiger partial charge on any atom is -0.474 e. The van der Waals surface area contributed by atoms with Gasteiger partial charge in [0.2, 0.25) is 11.8 Å². The van der Waals surface area contributed by atoms with Crippen molar-refractivity contribution in [1.82, 2.24) is 30.0 Å². The fraction of sp³-hybridized carbons (Fsp3) is 0.304. The number of aromatic nitrogens is 5. The third-order valence-corrected chi connectivity index (χ3v) is 5.69. The summed E-state index contributed by atoms with van der Waals surface area (Å²) in [5.74, 6) is 1.56. The Bertz CT molecular complexity index is 1270. The molecule has 4 aromatic rings. The smallest absolute Gasteiger partial charge is 0.251 e. The second-order valence-corrected chi connectivity index (χ2v) is 7.83. The molecule has 33 heavy (non-hydrogen) atoms. The molecule has 0 spiro atoms. The van der Waals surface area contributed by atoms with E-state index in [0.717, 1.165) is 35.2 Å². The first-order valence-electron chi connectivity index (χ1n) is 10.8. The van der Waals surface area contributed by atoms with Crippen LogP contribution >= 0.6 is 0 Å². The Morgan fingerprint density at radius 3 is 2.67 bits per heavy atom. The molecule has 0 saturated carbocycles. The molecule has 4 heterocycles. The largest absolute Gasteiger partial charge is 0.474 e. The van der Waals surface area contributed by atoms with Gasteiger partial charge in [-0.15, -0.1) is 0 Å². The van der Waals surface area contributed by atoms with Gasteiger partial charge in [0, 0.05) is 50.3 Å². The van der Waals surface area contributed by atoms with Crippen molar-refractivity contribution < 1.29 is 14.3 Å². The van der Waals surface area contributed by atoms with Gasteiger partial charge in [-0.2, -0.15) is 15.1 Å². The fourth-order valence-electron chi connectivity index (χ4n) is 3.88. The Balaban J connectivity index is 1.56. The highest BCUT2D eigenvalue weighted by molar-refractivity contribution is 5.99. The van der Waals surface area contributed by atoms with Gasteiger partial charge in [0.1, 0.15) is 17.6 Å². The maximum absolute atomic E-state index is 11.9. The maximum Gasteiger partial charge on any atom is 0.251 e. The number of H-pyrrole nitrogens is 1. The Labute approximate surface area is 190 Å². The molecule has 0 radical (unpaired) electrons. The molecule has 1 saturated heterocycles. The second-order valence-electron chi connectivity index (χ2n) is 7.83. The van der Waals surface area contributed by atoms with Crippen LogP contribution in [0.5, 0.6) is 5.88 Å². The average molecular weight is 447 g/mol. The van der Waals surface area contributed by atoms with Crippen LogP contribution in [0.2, 0.25) is 0 Å². The molecule has 5 rings (SSSR count). The Morgan fingerprint density at radius 2 is 1.97 bits per heavy atom. The van der Waals surface area contributed by atoms with E-state index in [9.17, 15) is 4.79 Å². The number of nitrogens with one attached hydrogen (secondary N) is 3. The summed E-state index contributed by atoms with van der Waals surface area (Å²) in [6.07, 6.45) is 5.21. The van der Waals surface area contributed by atoms with E-state index in [-0.39, 0.29) is 12.0 Å². The molecule has 0 unspecified atom stereocenters. The molecule has 0 aliphatic carbocycles. The van der Waals surface area contributed by atoms with E-state index in [1.54, 1.807) is 30.1 Å². The number of aryl methyl sites for hydroxylation is 1. The van der Waals surface area contributed by atoms with Crippen molar-refractivity contribution in [3.05, 3.63) is 48.3 Å². The van der Waals surface area contributed by atoms with E-state index in [1.807, 2.05) is 31.4 Å². The third kappa shape index (κ3) is 4.24. The molecule has 1 aromatic carbocycles. The zero-order chi connectivity index (χ0) is 22.8. The van der Waals surface area contributed by atoms with Crippen molar-refractivity contribution in [2.24, 2.45) is 7.05 Å². The first kappa shape index (κ1) is 21.0. The summed E-state index contributed by atoms with van der Waals surface area (Å²) >= 11 is 0. The van der Waals surface area contributed by atoms with E-state index >= 15 is 0 Å². The SMILES string of the molecule is CNC(=O)c1ccc(-c2c[nH]c3nc(Nc4ccnn4C)nc(OC4CCOCC4)c23)cc1. The van der Waals surface area contributed by atoms with Crippen LogP contribution in [0.25, 0.3) is 22.2 Å². The highest BCUT2D eigenvalue weighted by Gasteiger charge is 2.22. The summed E-state index contributed by atoms with van der Waals surface area (Å²) in [6.45, 7) is 1.33. The predicted octanol–water partition coefficient (Wildman–Crippen LogP) is 3.02. The number of rotatable bonds is 6. The lowest BCUT2D eigenvalue weighted by molar-refractivity contribution is 0.0244. The van der Waals surface area contributed by atoms with Crippen LogP contribution < -0.4 is 15.4 Å². The Morgan fingerprint density at radius 1 is 1.18 bits per heavy atom. The quantitative estimate of drug-likeness (QED) is 0.416. The molecule has 170 valence electrons. The van der Waals surface area contributed by atoms with Crippen molar-refractivity contribution in [2.45, 2.75) is 18.9 Å². The van der Waals surface area contributed by atoms with Crippen molar-refractivity contribution >= 4 is 28.7 Å². The molecule has 10 heteroatoms. The number of benzene rings is 1. The zero-order valence-electron chi connectivity index (χ0n) is 18.5. The minimum absolute atomic E-state index is 0.0137. The van der Waals surface area contributed by atoms with Gasteiger partial charge in [-0.05, 0) is 17.7 Å². The van der Waals surface area contributed by atoms with Crippen LogP contribution in [0.15, 0.2) is 42.7 Å². The molecular weight excluding hydrogens is 422 g/mol. The number of amides is 1. The number of nitrogens with zero attached hydrogens (tertiary/aromatic N) is 4. The van der Waals surface area contributed by atoms with Gasteiger partial charge < -0.3 is 25.1 Å². The molecule has 3 aromatic heterocycles. The summed E-state index contributed by atoms with van der Waals surface area (Å²) in [5.41, 5.74) is 3.09. The van der Waals surface area contributed by atoms with Crippen LogP contribution in [0.1, 0.15) is 23.2 Å². The number of hydrogen-bond donors (Lipinski definition) is 3. The van der Waals surface area contributed by atoms with Crippen LogP contribution in [0, 0.1) is 0 Å². The molecule has 3 N–H and O–H groups in total. The molecule has 0 bridgehead atoms. The van der Waals surface area contributed by atoms with Crippen molar-refractivity contribution in [3.8, 4) is 17.0 Å². The lowest BCUT2D eigenvalue weighted by Gasteiger charge is -2.23. The first-order chi connectivity index (χ1) is 16.1. The summed E-state index contributed by atoms with van der Waals surface area (Å²) < 4.78 is 13.6. The molecule has 1 fully saturated rings. The summed E-state index contributed by atoms with van der Waals surface area (Å²) in [6, 6.07) is 9.26. The van der Waals surface area contributed by atoms with Gasteiger partial charge in [-0.3, -0.25) is 9.48 Å². The van der Waals surface area contributed by atoms with Gasteiger partial charge in [0.05, 0.1) is 24.8 Å². The highest BCUT2D eigenvalue weighted by Crippen LogP contribution is 2.36. The van der Waals surface area contributed by atoms with Gasteiger partial charge in [0.25, 0.3) is 5.91 Å². The van der Waals surface area contributed by atoms with Crippen LogP contribution in [-0.2, 0) is 11.8 Å². The fourth-order valence-corrected chi connectivity index (χ4v) is 3.88. The van der Waals surface area contributed by atoms with Gasteiger partial charge in [-0.25, -0.2) is 0 Å². The van der Waals surface area contributed by atoms with Crippen molar-refractivity contribution in [3.63, 3.8) is 0 Å². The number of ether oxygens (including phenoxy) is 2. The number of aromatic amines is 1. The minimum atomic E-state index is -0.127. The predicted molar refractivity (Wildman–Crippen MR) is 124 cm³/mol. The zero-order valence-corrected chi connectivity index (χ0v) is 18.5. The number of hydrogen-bond acceptors (Lipinski definition) is 7. The van der Waals surface area contributed by atoms with Gasteiger partial charge in [-0.1, -0.05) is 12.1 Å². The van der Waals surface area contributed by atoms with E-state index in [4.69, 9.17) is 14.5 Å². The number of carbonyl (C=O) groups is 1. The molecule has 1 aliphatic rings. The molecule has 0 atom stereocenters. The lowest BCUT2D eigenvalue weighted by Crippen LogP contribution is -2.26. The Kier molecular flexibility index (Phi) is 5.66. The van der Waals surface area contributed by atoms with E-state index in [2.05, 4.69) is 25.7 Å². The number of carbonyl (C=O) groups excluding carboxylic acids is 1. The number of anilines is 2. The number of fused-ring (bicyclic) bond motifs is 1. The van der Waals surface area contributed by atoms with E-state index in [0.29, 0.717) is 36.3 Å². The van der Waals surface area contributed by atoms with Crippen molar-refractivity contribution in [2.75, 3.05) is 25.6 Å². The van der Waals surface area contributed by atoms with Gasteiger partial charge >= 0.3 is 0 Å². The molecule has 10 nitrogen and oxygen atoms in total. The van der Waals surface area contributed by atoms with Crippen LogP contribution in [0.3, 0.4) is 0 Å². The van der Waals surface area contributed by atoms with Crippen LogP contribution in [-0.4, -0.2) is 57.0 Å². The second kappa shape index (κ2) is 8.91. The van der Waals surface area contributed by atoms with Crippen molar-refractivity contribution in [1.29, 1.82) is 0 Å². The summed E-state index contributed by atoms with van der Waals surface area (Å²) in [4.78, 5) is 24.5. The standard InChI is InChI=1S/C23H25N7O3/c1-24-21(31)15-5-3-14(4-6-15)17-13-25-20-19(17)22(33-16-8-11-32-12-9-16)29-23(28-20)27-18-7-10-26-30(18)2/h3-7,10,13,16H,8-9,11-12H2,1-2H3,(H,24,31)(H2,25,27,28,29). The topological polar surface area (TPSA) is 119 Å². The third-order valence-electron chi connectivity index (χ3n) is 5.69. The van der Waals surface area contributed by atoms with Gasteiger partial charge in [0.15, 0.2) is 0 Å². The van der Waals surface area contributed by atoms with E-state index in [1.165, 1.54) is 0 Å². The Hall–Kier alpha value is -3.92.